The predicted molar refractivity (Wildman–Crippen MR) is 149 cm³/mol. The summed E-state index contributed by atoms with van der Waals surface area (Å²) in [5, 5.41) is 1.39. The van der Waals surface area contributed by atoms with Gasteiger partial charge in [0.15, 0.2) is 0 Å². The Labute approximate surface area is 236 Å². The molecule has 3 aromatic carbocycles. The number of para-hydroxylation sites is 1. The van der Waals surface area contributed by atoms with Crippen LogP contribution in [0.4, 0.5) is 13.2 Å². The molecule has 0 radical (unpaired) electrons. The molecule has 6 nitrogen and oxygen atoms in total. The van der Waals surface area contributed by atoms with Gasteiger partial charge in [-0.25, -0.2) is 8.42 Å². The number of aromatic amines is 1. The van der Waals surface area contributed by atoms with E-state index in [-0.39, 0.29) is 24.5 Å². The number of benzene rings is 3. The molecule has 0 spiro atoms. The summed E-state index contributed by atoms with van der Waals surface area (Å²) in [6.07, 6.45) is -1.66. The van der Waals surface area contributed by atoms with Crippen LogP contribution in [0.1, 0.15) is 30.0 Å². The van der Waals surface area contributed by atoms with E-state index in [4.69, 9.17) is 11.6 Å². The number of carbonyl (C=O) groups is 1. The molecule has 4 rings (SSSR count). The van der Waals surface area contributed by atoms with Crippen molar-refractivity contribution >= 4 is 38.4 Å². The highest BCUT2D eigenvalue weighted by Gasteiger charge is 2.31. The fraction of sp³-hybridized carbons (Fsp3) is 0.276. The minimum atomic E-state index is -4.47. The normalized spacial score (nSPS) is 12.2. The first-order chi connectivity index (χ1) is 19.0. The van der Waals surface area contributed by atoms with Crippen molar-refractivity contribution < 1.29 is 26.4 Å². The second-order valence-corrected chi connectivity index (χ2v) is 11.8. The van der Waals surface area contributed by atoms with Gasteiger partial charge in [0.05, 0.1) is 17.0 Å². The summed E-state index contributed by atoms with van der Waals surface area (Å²) in [4.78, 5) is 18.3. The summed E-state index contributed by atoms with van der Waals surface area (Å²) in [5.41, 5.74) is 1.64. The highest BCUT2D eigenvalue weighted by atomic mass is 35.5. The lowest BCUT2D eigenvalue weighted by Crippen LogP contribution is -2.43. The molecule has 40 heavy (non-hydrogen) atoms. The maximum absolute atomic E-state index is 13.6. The standard InChI is InChI=1S/C29H29ClF3N3O3S/c1-2-16-36(40(38,39)25-13-11-24(30)12-14-25)20-28(37)35(19-21-7-9-23(10-8-21)29(31,32)33)17-15-22-18-34-27-6-4-3-5-26(22)27/h3-14,18,34H,2,15-17,19-20H2,1H3. The maximum atomic E-state index is 13.6. The number of halogens is 4. The van der Waals surface area contributed by atoms with Crippen molar-refractivity contribution in [1.82, 2.24) is 14.2 Å². The fourth-order valence-electron chi connectivity index (χ4n) is 4.45. The Morgan fingerprint density at radius 1 is 0.950 bits per heavy atom. The molecule has 0 fully saturated rings. The van der Waals surface area contributed by atoms with Gasteiger partial charge in [-0.2, -0.15) is 17.5 Å². The van der Waals surface area contributed by atoms with Crippen LogP contribution in [0.2, 0.25) is 5.02 Å². The summed E-state index contributed by atoms with van der Waals surface area (Å²) in [6, 6.07) is 18.1. The van der Waals surface area contributed by atoms with Crippen molar-refractivity contribution in [3.05, 3.63) is 101 Å². The molecule has 0 bridgehead atoms. The fourth-order valence-corrected chi connectivity index (χ4v) is 6.05. The lowest BCUT2D eigenvalue weighted by Gasteiger charge is -2.27. The van der Waals surface area contributed by atoms with Gasteiger partial charge in [-0.3, -0.25) is 4.79 Å². The summed E-state index contributed by atoms with van der Waals surface area (Å²) in [6.45, 7) is 1.79. The lowest BCUT2D eigenvalue weighted by molar-refractivity contribution is -0.137. The lowest BCUT2D eigenvalue weighted by atomic mass is 10.1. The number of carbonyl (C=O) groups excluding carboxylic acids is 1. The minimum absolute atomic E-state index is 0.0197. The average Bonchev–Trinajstić information content (AvgIpc) is 3.34. The number of H-pyrrole nitrogens is 1. The van der Waals surface area contributed by atoms with E-state index in [1.54, 1.807) is 0 Å². The van der Waals surface area contributed by atoms with E-state index >= 15 is 0 Å². The van der Waals surface area contributed by atoms with Gasteiger partial charge in [-0.15, -0.1) is 0 Å². The van der Waals surface area contributed by atoms with Crippen LogP contribution in [0.25, 0.3) is 10.9 Å². The van der Waals surface area contributed by atoms with Crippen molar-refractivity contribution in [3.63, 3.8) is 0 Å². The molecule has 0 aliphatic heterocycles. The number of fused-ring (bicyclic) bond motifs is 1. The van der Waals surface area contributed by atoms with Gasteiger partial charge in [-0.05, 0) is 66.4 Å². The molecule has 1 heterocycles. The first-order valence-electron chi connectivity index (χ1n) is 12.7. The van der Waals surface area contributed by atoms with Crippen molar-refractivity contribution in [1.29, 1.82) is 0 Å². The molecule has 0 saturated carbocycles. The van der Waals surface area contributed by atoms with Gasteiger partial charge >= 0.3 is 6.18 Å². The summed E-state index contributed by atoms with van der Waals surface area (Å²) in [5.74, 6) is -0.453. The third kappa shape index (κ3) is 7.04. The van der Waals surface area contributed by atoms with Crippen LogP contribution < -0.4 is 0 Å². The number of nitrogens with one attached hydrogen (secondary N) is 1. The number of aromatic nitrogens is 1. The minimum Gasteiger partial charge on any atom is -0.361 e. The highest BCUT2D eigenvalue weighted by molar-refractivity contribution is 7.89. The molecule has 0 aliphatic rings. The SMILES string of the molecule is CCCN(CC(=O)N(CCc1c[nH]c2ccccc12)Cc1ccc(C(F)(F)F)cc1)S(=O)(=O)c1ccc(Cl)cc1. The molecular weight excluding hydrogens is 563 g/mol. The topological polar surface area (TPSA) is 73.5 Å². The van der Waals surface area contributed by atoms with E-state index in [0.717, 1.165) is 32.9 Å². The Hall–Kier alpha value is -3.34. The van der Waals surface area contributed by atoms with Crippen molar-refractivity contribution in [2.75, 3.05) is 19.6 Å². The second-order valence-electron chi connectivity index (χ2n) is 9.41. The van der Waals surface area contributed by atoms with E-state index in [1.165, 1.54) is 41.3 Å². The number of nitrogens with zero attached hydrogens (tertiary/aromatic N) is 2. The molecule has 0 aliphatic carbocycles. The van der Waals surface area contributed by atoms with E-state index in [2.05, 4.69) is 4.98 Å². The summed E-state index contributed by atoms with van der Waals surface area (Å²) in [7, 11) is -3.99. The van der Waals surface area contributed by atoms with Crippen LogP contribution in [0.3, 0.4) is 0 Å². The summed E-state index contributed by atoms with van der Waals surface area (Å²) >= 11 is 5.92. The smallest absolute Gasteiger partial charge is 0.361 e. The third-order valence-electron chi connectivity index (χ3n) is 6.57. The van der Waals surface area contributed by atoms with Crippen molar-refractivity contribution in [2.24, 2.45) is 0 Å². The van der Waals surface area contributed by atoms with E-state index in [0.29, 0.717) is 23.4 Å². The first kappa shape index (κ1) is 29.6. The van der Waals surface area contributed by atoms with Crippen LogP contribution in [0.5, 0.6) is 0 Å². The van der Waals surface area contributed by atoms with Gasteiger partial charge in [0.1, 0.15) is 0 Å². The Kier molecular flexibility index (Phi) is 9.22. The van der Waals surface area contributed by atoms with Crippen LogP contribution >= 0.6 is 11.6 Å². The molecule has 212 valence electrons. The van der Waals surface area contributed by atoms with Gasteiger partial charge in [0.25, 0.3) is 0 Å². The van der Waals surface area contributed by atoms with Crippen LogP contribution in [0.15, 0.2) is 83.9 Å². The quantitative estimate of drug-likeness (QED) is 0.216. The van der Waals surface area contributed by atoms with Gasteiger partial charge in [0, 0.05) is 41.8 Å². The van der Waals surface area contributed by atoms with Crippen LogP contribution in [-0.2, 0) is 34.0 Å². The first-order valence-corrected chi connectivity index (χ1v) is 14.6. The number of hydrogen-bond donors (Lipinski definition) is 1. The third-order valence-corrected chi connectivity index (χ3v) is 8.68. The van der Waals surface area contributed by atoms with Crippen molar-refractivity contribution in [2.45, 2.75) is 37.4 Å². The average molecular weight is 592 g/mol. The monoisotopic (exact) mass is 591 g/mol. The van der Waals surface area contributed by atoms with Gasteiger partial charge in [-0.1, -0.05) is 48.9 Å². The largest absolute Gasteiger partial charge is 0.416 e. The predicted octanol–water partition coefficient (Wildman–Crippen LogP) is 6.51. The Bertz CT molecular complexity index is 1550. The number of hydrogen-bond acceptors (Lipinski definition) is 3. The number of alkyl halides is 3. The van der Waals surface area contributed by atoms with Crippen LogP contribution in [-0.4, -0.2) is 48.1 Å². The Balaban J connectivity index is 1.59. The molecule has 11 heteroatoms. The molecule has 0 atom stereocenters. The van der Waals surface area contributed by atoms with Gasteiger partial charge < -0.3 is 9.88 Å². The Morgan fingerprint density at radius 2 is 1.62 bits per heavy atom. The highest BCUT2D eigenvalue weighted by Crippen LogP contribution is 2.29. The summed E-state index contributed by atoms with van der Waals surface area (Å²) < 4.78 is 67.1. The zero-order chi connectivity index (χ0) is 28.9. The molecule has 0 unspecified atom stereocenters. The molecule has 0 saturated heterocycles. The zero-order valence-corrected chi connectivity index (χ0v) is 23.4. The Morgan fingerprint density at radius 3 is 2.27 bits per heavy atom. The van der Waals surface area contributed by atoms with Gasteiger partial charge in [0.2, 0.25) is 15.9 Å². The molecule has 1 amide bonds. The van der Waals surface area contributed by atoms with E-state index in [1.807, 2.05) is 37.4 Å². The van der Waals surface area contributed by atoms with E-state index < -0.39 is 34.2 Å². The van der Waals surface area contributed by atoms with Crippen LogP contribution in [0, 0.1) is 0 Å². The molecule has 1 aromatic heterocycles. The second kappa shape index (κ2) is 12.4. The van der Waals surface area contributed by atoms with Crippen molar-refractivity contribution in [3.8, 4) is 0 Å². The molecule has 4 aromatic rings. The number of rotatable bonds is 11. The molecule has 1 N–H and O–H groups in total. The maximum Gasteiger partial charge on any atom is 0.416 e. The number of amides is 1. The number of sulfonamides is 1. The molecular formula is C29H29ClF3N3O3S. The zero-order valence-electron chi connectivity index (χ0n) is 21.8. The van der Waals surface area contributed by atoms with E-state index in [9.17, 15) is 26.4 Å².